The van der Waals surface area contributed by atoms with Crippen molar-refractivity contribution in [3.05, 3.63) is 29.3 Å². The molecule has 0 aliphatic carbocycles. The molecule has 18 heavy (non-hydrogen) atoms. The smallest absolute Gasteiger partial charge is 0.341 e. The quantitative estimate of drug-likeness (QED) is 0.842. The second kappa shape index (κ2) is 6.06. The second-order valence-corrected chi connectivity index (χ2v) is 3.41. The van der Waals surface area contributed by atoms with Crippen molar-refractivity contribution in [1.82, 2.24) is 0 Å². The molecular weight excluding hydrogens is 248 g/mol. The van der Waals surface area contributed by atoms with E-state index >= 15 is 0 Å². The van der Waals surface area contributed by atoms with E-state index in [1.54, 1.807) is 0 Å². The van der Waals surface area contributed by atoms with Crippen LogP contribution in [0.15, 0.2) is 12.1 Å². The Morgan fingerprint density at radius 1 is 1.33 bits per heavy atom. The normalized spacial score (nSPS) is 10.2. The molecule has 0 saturated carbocycles. The summed E-state index contributed by atoms with van der Waals surface area (Å²) >= 11 is 0. The molecule has 5 nitrogen and oxygen atoms in total. The number of methoxy groups -OCH3 is 1. The van der Waals surface area contributed by atoms with Gasteiger partial charge in [-0.05, 0) is 12.1 Å². The zero-order valence-corrected chi connectivity index (χ0v) is 9.50. The van der Waals surface area contributed by atoms with Gasteiger partial charge >= 0.3 is 5.97 Å². The molecule has 0 saturated heterocycles. The Morgan fingerprint density at radius 3 is 2.33 bits per heavy atom. The largest absolute Gasteiger partial charge is 0.477 e. The lowest BCUT2D eigenvalue weighted by atomic mass is 10.1. The van der Waals surface area contributed by atoms with Crippen molar-refractivity contribution in [1.29, 1.82) is 0 Å². The maximum absolute atomic E-state index is 13.3. The molecule has 2 N–H and O–H groups in total. The van der Waals surface area contributed by atoms with Gasteiger partial charge in [0.1, 0.15) is 17.2 Å². The Labute approximate surface area is 101 Å². The fourth-order valence-electron chi connectivity index (χ4n) is 1.27. The molecule has 0 spiro atoms. The molecule has 0 radical (unpaired) electrons. The van der Waals surface area contributed by atoms with Crippen molar-refractivity contribution in [3.63, 3.8) is 0 Å². The summed E-state index contributed by atoms with van der Waals surface area (Å²) in [6.45, 7) is 0.171. The number of carbonyl (C=O) groups excluding carboxylic acids is 1. The van der Waals surface area contributed by atoms with Crippen molar-refractivity contribution in [3.8, 4) is 0 Å². The van der Waals surface area contributed by atoms with Gasteiger partial charge in [-0.2, -0.15) is 0 Å². The van der Waals surface area contributed by atoms with Crippen molar-refractivity contribution in [2.24, 2.45) is 0 Å². The maximum Gasteiger partial charge on any atom is 0.341 e. The summed E-state index contributed by atoms with van der Waals surface area (Å²) in [4.78, 5) is 21.8. The highest BCUT2D eigenvalue weighted by Gasteiger charge is 2.18. The van der Waals surface area contributed by atoms with Crippen LogP contribution in [0.4, 0.5) is 14.5 Å². The molecule has 0 heterocycles. The minimum atomic E-state index is -1.71. The Kier molecular flexibility index (Phi) is 4.73. The van der Waals surface area contributed by atoms with Gasteiger partial charge in [-0.15, -0.1) is 0 Å². The molecule has 1 aromatic carbocycles. The number of carbonyl (C=O) groups is 2. The van der Waals surface area contributed by atoms with Crippen LogP contribution in [0.2, 0.25) is 0 Å². The molecule has 0 atom stereocenters. The summed E-state index contributed by atoms with van der Waals surface area (Å²) in [6.07, 6.45) is 0.0282. The van der Waals surface area contributed by atoms with E-state index in [0.717, 1.165) is 12.1 Å². The van der Waals surface area contributed by atoms with Gasteiger partial charge in [-0.1, -0.05) is 0 Å². The van der Waals surface area contributed by atoms with E-state index in [1.807, 2.05) is 0 Å². The SMILES string of the molecule is COCCC(=O)Nc1cc(F)c(C(=O)O)c(F)c1. The molecule has 98 valence electrons. The standard InChI is InChI=1S/C11H11F2NO4/c1-18-3-2-9(15)14-6-4-7(12)10(11(16)17)8(13)5-6/h4-5H,2-3H2,1H3,(H,14,15)(H,16,17). The molecule has 0 aliphatic rings. The van der Waals surface area contributed by atoms with Crippen LogP contribution in [0.5, 0.6) is 0 Å². The van der Waals surface area contributed by atoms with Crippen LogP contribution in [-0.4, -0.2) is 30.7 Å². The van der Waals surface area contributed by atoms with Crippen LogP contribution in [0.3, 0.4) is 0 Å². The number of carboxylic acid groups (broad SMARTS) is 1. The summed E-state index contributed by atoms with van der Waals surface area (Å²) in [6, 6.07) is 1.49. The molecule has 1 rings (SSSR count). The lowest BCUT2D eigenvalue weighted by Crippen LogP contribution is -2.15. The molecule has 7 heteroatoms. The van der Waals surface area contributed by atoms with E-state index in [0.29, 0.717) is 0 Å². The number of aromatic carboxylic acids is 1. The molecule has 0 aliphatic heterocycles. The predicted octanol–water partition coefficient (Wildman–Crippen LogP) is 1.64. The van der Waals surface area contributed by atoms with Crippen LogP contribution in [0.25, 0.3) is 0 Å². The Hall–Kier alpha value is -2.02. The number of anilines is 1. The minimum Gasteiger partial charge on any atom is -0.477 e. The van der Waals surface area contributed by atoms with Crippen molar-refractivity contribution < 1.29 is 28.2 Å². The molecule has 1 aromatic rings. The van der Waals surface area contributed by atoms with Crippen LogP contribution in [0, 0.1) is 11.6 Å². The van der Waals surface area contributed by atoms with Gasteiger partial charge in [0.05, 0.1) is 13.0 Å². The summed E-state index contributed by atoms with van der Waals surface area (Å²) in [5, 5.41) is 10.8. The molecule has 0 unspecified atom stereocenters. The molecule has 0 bridgehead atoms. The fraction of sp³-hybridized carbons (Fsp3) is 0.273. The van der Waals surface area contributed by atoms with Crippen LogP contribution in [-0.2, 0) is 9.53 Å². The minimum absolute atomic E-state index is 0.0282. The van der Waals surface area contributed by atoms with Gasteiger partial charge in [0, 0.05) is 12.8 Å². The van der Waals surface area contributed by atoms with Crippen molar-refractivity contribution >= 4 is 17.6 Å². The zero-order valence-electron chi connectivity index (χ0n) is 9.50. The number of rotatable bonds is 5. The van der Waals surface area contributed by atoms with E-state index in [9.17, 15) is 18.4 Å². The van der Waals surface area contributed by atoms with Gasteiger partial charge in [-0.3, -0.25) is 4.79 Å². The first-order valence-corrected chi connectivity index (χ1v) is 4.96. The van der Waals surface area contributed by atoms with Crippen molar-refractivity contribution in [2.45, 2.75) is 6.42 Å². The second-order valence-electron chi connectivity index (χ2n) is 3.41. The number of halogens is 2. The maximum atomic E-state index is 13.3. The lowest BCUT2D eigenvalue weighted by molar-refractivity contribution is -0.117. The molecule has 0 fully saturated rings. The summed E-state index contributed by atoms with van der Waals surface area (Å²) in [5.41, 5.74) is -1.19. The number of carboxylic acids is 1. The third kappa shape index (κ3) is 3.49. The zero-order chi connectivity index (χ0) is 13.7. The first-order chi connectivity index (χ1) is 8.45. The third-order valence-electron chi connectivity index (χ3n) is 2.07. The number of ether oxygens (including phenoxy) is 1. The summed E-state index contributed by atoms with van der Waals surface area (Å²) < 4.78 is 31.2. The summed E-state index contributed by atoms with van der Waals surface area (Å²) in [7, 11) is 1.41. The highest BCUT2D eigenvalue weighted by atomic mass is 19.1. The molecule has 0 aromatic heterocycles. The molecular formula is C11H11F2NO4. The lowest BCUT2D eigenvalue weighted by Gasteiger charge is -2.07. The van der Waals surface area contributed by atoms with Gasteiger partial charge in [0.15, 0.2) is 0 Å². The number of hydrogen-bond acceptors (Lipinski definition) is 3. The number of amides is 1. The molecule has 1 amide bonds. The van der Waals surface area contributed by atoms with Crippen LogP contribution in [0.1, 0.15) is 16.8 Å². The predicted molar refractivity (Wildman–Crippen MR) is 58.4 cm³/mol. The summed E-state index contributed by atoms with van der Waals surface area (Å²) in [5.74, 6) is -4.69. The van der Waals surface area contributed by atoms with E-state index in [4.69, 9.17) is 5.11 Å². The highest BCUT2D eigenvalue weighted by molar-refractivity contribution is 5.92. The number of hydrogen-bond donors (Lipinski definition) is 2. The average Bonchev–Trinajstić information content (AvgIpc) is 2.24. The van der Waals surface area contributed by atoms with Crippen LogP contribution >= 0.6 is 0 Å². The third-order valence-corrected chi connectivity index (χ3v) is 2.07. The topological polar surface area (TPSA) is 75.6 Å². The van der Waals surface area contributed by atoms with E-state index in [2.05, 4.69) is 10.1 Å². The van der Waals surface area contributed by atoms with E-state index < -0.39 is 29.1 Å². The Bertz CT molecular complexity index is 453. The van der Waals surface area contributed by atoms with Crippen LogP contribution < -0.4 is 5.32 Å². The van der Waals surface area contributed by atoms with Crippen molar-refractivity contribution in [2.75, 3.05) is 19.0 Å². The average molecular weight is 259 g/mol. The van der Waals surface area contributed by atoms with Gasteiger partial charge in [-0.25, -0.2) is 13.6 Å². The van der Waals surface area contributed by atoms with Gasteiger partial charge in [0.25, 0.3) is 0 Å². The first-order valence-electron chi connectivity index (χ1n) is 4.96. The fourth-order valence-corrected chi connectivity index (χ4v) is 1.27. The van der Waals surface area contributed by atoms with E-state index in [1.165, 1.54) is 7.11 Å². The number of benzene rings is 1. The van der Waals surface area contributed by atoms with Gasteiger partial charge < -0.3 is 15.2 Å². The van der Waals surface area contributed by atoms with Gasteiger partial charge in [0.2, 0.25) is 5.91 Å². The highest BCUT2D eigenvalue weighted by Crippen LogP contribution is 2.19. The first kappa shape index (κ1) is 14.0. The number of nitrogens with one attached hydrogen (secondary N) is 1. The Morgan fingerprint density at radius 2 is 1.89 bits per heavy atom. The van der Waals surface area contributed by atoms with E-state index in [-0.39, 0.29) is 18.7 Å². The monoisotopic (exact) mass is 259 g/mol. The Balaban J connectivity index is 2.87.